The van der Waals surface area contributed by atoms with Crippen molar-refractivity contribution >= 4 is 70.0 Å². The zero-order valence-corrected chi connectivity index (χ0v) is 22.8. The van der Waals surface area contributed by atoms with Gasteiger partial charge in [0.05, 0.1) is 16.1 Å². The van der Waals surface area contributed by atoms with E-state index in [1.54, 1.807) is 0 Å². The van der Waals surface area contributed by atoms with Crippen LogP contribution in [0, 0.1) is 0 Å². The number of para-hydroxylation sites is 1. The van der Waals surface area contributed by atoms with Gasteiger partial charge in [0.1, 0.15) is 9.79 Å². The molecule has 0 aromatic heterocycles. The Morgan fingerprint density at radius 2 is 1.29 bits per heavy atom. The molecule has 0 saturated heterocycles. The molecule has 0 spiro atoms. The summed E-state index contributed by atoms with van der Waals surface area (Å²) < 4.78 is 103. The first kappa shape index (κ1) is 29.6. The first-order valence-corrected chi connectivity index (χ1v) is 15.4. The molecule has 0 aliphatic carbocycles. The first-order valence-electron chi connectivity index (χ1n) is 11.0. The Bertz CT molecular complexity index is 2090. The van der Waals surface area contributed by atoms with E-state index in [2.05, 4.69) is 0 Å². The molecule has 41 heavy (non-hydrogen) atoms. The zero-order valence-electron chi connectivity index (χ0n) is 20.4. The number of nitrogens with zero attached hydrogens (tertiary/aromatic N) is 1. The van der Waals surface area contributed by atoms with Crippen molar-refractivity contribution in [3.8, 4) is 0 Å². The maximum atomic E-state index is 13.9. The summed E-state index contributed by atoms with van der Waals surface area (Å²) in [4.78, 5) is 24.5. The summed E-state index contributed by atoms with van der Waals surface area (Å²) in [5.74, 6) is -2.26. The summed E-state index contributed by atoms with van der Waals surface area (Å²) in [7, 11) is -15.9. The van der Waals surface area contributed by atoms with Crippen LogP contribution in [0.25, 0.3) is 10.8 Å². The van der Waals surface area contributed by atoms with E-state index >= 15 is 0 Å². The van der Waals surface area contributed by atoms with Gasteiger partial charge in [0.2, 0.25) is 0 Å². The average molecular weight is 622 g/mol. The van der Waals surface area contributed by atoms with Crippen LogP contribution < -0.4 is 16.4 Å². The molecule has 0 fully saturated rings. The fourth-order valence-electron chi connectivity index (χ4n) is 4.06. The Labute approximate surface area is 233 Å². The summed E-state index contributed by atoms with van der Waals surface area (Å²) in [5.41, 5.74) is 10.6. The molecule has 4 aromatic carbocycles. The normalized spacial score (nSPS) is 12.3. The van der Waals surface area contributed by atoms with E-state index in [0.29, 0.717) is 17.0 Å². The van der Waals surface area contributed by atoms with Gasteiger partial charge < -0.3 is 11.5 Å². The number of carbonyl (C=O) groups is 2. The lowest BCUT2D eigenvalue weighted by Crippen LogP contribution is -2.38. The van der Waals surface area contributed by atoms with Crippen molar-refractivity contribution in [2.24, 2.45) is 0 Å². The Hall–Kier alpha value is -4.39. The van der Waals surface area contributed by atoms with Crippen molar-refractivity contribution in [1.82, 2.24) is 0 Å². The minimum atomic E-state index is -5.47. The van der Waals surface area contributed by atoms with Gasteiger partial charge >= 0.3 is 0 Å². The topological polar surface area (TPSA) is 253 Å². The number of rotatable bonds is 6. The molecular weight excluding hydrogens is 602 g/mol. The molecule has 2 amide bonds. The number of nitrogens with two attached hydrogens (primary N) is 2. The number of hydrogen-bond donors (Lipinski definition) is 5. The molecule has 214 valence electrons. The highest BCUT2D eigenvalue weighted by atomic mass is 32.2. The lowest BCUT2D eigenvalue weighted by molar-refractivity contribution is 0.0898. The molecule has 0 atom stereocenters. The molecule has 4 aromatic rings. The Kier molecular flexibility index (Phi) is 7.37. The van der Waals surface area contributed by atoms with Crippen molar-refractivity contribution < 1.29 is 48.5 Å². The number of nitrogen functional groups attached to an aromatic ring is 2. The predicted molar refractivity (Wildman–Crippen MR) is 146 cm³/mol. The van der Waals surface area contributed by atoms with E-state index in [1.807, 2.05) is 0 Å². The molecule has 14 nitrogen and oxygen atoms in total. The molecule has 0 aliphatic rings. The van der Waals surface area contributed by atoms with Crippen molar-refractivity contribution in [3.63, 3.8) is 0 Å². The summed E-state index contributed by atoms with van der Waals surface area (Å²) >= 11 is 0. The third kappa shape index (κ3) is 5.75. The summed E-state index contributed by atoms with van der Waals surface area (Å²) in [6, 6.07) is 13.0. The van der Waals surface area contributed by atoms with Gasteiger partial charge in [0, 0.05) is 27.7 Å². The van der Waals surface area contributed by atoms with Gasteiger partial charge in [0.25, 0.3) is 42.2 Å². The van der Waals surface area contributed by atoms with Gasteiger partial charge in [-0.3, -0.25) is 23.2 Å². The van der Waals surface area contributed by atoms with Crippen LogP contribution in [0.4, 0.5) is 17.1 Å². The van der Waals surface area contributed by atoms with Crippen LogP contribution >= 0.6 is 0 Å². The zero-order chi connectivity index (χ0) is 30.5. The number of imide groups is 1. The van der Waals surface area contributed by atoms with E-state index in [-0.39, 0.29) is 28.6 Å². The highest BCUT2D eigenvalue weighted by Crippen LogP contribution is 2.39. The van der Waals surface area contributed by atoms with E-state index in [9.17, 15) is 48.5 Å². The predicted octanol–water partition coefficient (Wildman–Crippen LogP) is 2.23. The second-order valence-electron chi connectivity index (χ2n) is 8.51. The minimum absolute atomic E-state index is 0.102. The Morgan fingerprint density at radius 3 is 1.85 bits per heavy atom. The van der Waals surface area contributed by atoms with E-state index in [4.69, 9.17) is 11.5 Å². The first-order chi connectivity index (χ1) is 18.9. The molecule has 7 N–H and O–H groups in total. The standard InChI is InChI=1S/C24H19N3O11S3/c25-14-5-3-4-13(10-14)23(28)27(24(29)16-6-1-2-7-18(16)26)19-8-9-20(40(33,34)35)17-11-15(39(30,31)32)12-21(22(17)19)41(36,37)38/h1-12H,25-26H2,(H,30,31,32)(H,33,34,35)(H,36,37,38). The maximum Gasteiger partial charge on any atom is 0.295 e. The molecule has 0 heterocycles. The summed E-state index contributed by atoms with van der Waals surface area (Å²) in [6.45, 7) is 0. The van der Waals surface area contributed by atoms with Crippen molar-refractivity contribution in [1.29, 1.82) is 0 Å². The SMILES string of the molecule is Nc1cccc(C(=O)N(C(=O)c2ccccc2N)c2ccc(S(=O)(=O)O)c3cc(S(=O)(=O)O)cc(S(=O)(=O)O)c23)c1. The molecular formula is C24H19N3O11S3. The van der Waals surface area contributed by atoms with Crippen LogP contribution in [-0.4, -0.2) is 50.7 Å². The van der Waals surface area contributed by atoms with Crippen LogP contribution in [0.2, 0.25) is 0 Å². The van der Waals surface area contributed by atoms with Gasteiger partial charge in [-0.2, -0.15) is 25.3 Å². The quantitative estimate of drug-likeness (QED) is 0.118. The fraction of sp³-hybridized carbons (Fsp3) is 0. The smallest absolute Gasteiger partial charge is 0.295 e. The van der Waals surface area contributed by atoms with Crippen LogP contribution in [0.5, 0.6) is 0 Å². The fourth-order valence-corrected chi connectivity index (χ4v) is 6.10. The molecule has 0 saturated carbocycles. The molecule has 0 radical (unpaired) electrons. The van der Waals surface area contributed by atoms with Gasteiger partial charge in [-0.05, 0) is 54.6 Å². The second-order valence-corrected chi connectivity index (χ2v) is 12.7. The number of hydrogen-bond acceptors (Lipinski definition) is 10. The molecule has 0 unspecified atom stereocenters. The molecule has 0 aliphatic heterocycles. The number of benzene rings is 4. The summed E-state index contributed by atoms with van der Waals surface area (Å²) in [6.07, 6.45) is 0. The maximum absolute atomic E-state index is 13.9. The highest BCUT2D eigenvalue weighted by Gasteiger charge is 2.33. The van der Waals surface area contributed by atoms with Crippen molar-refractivity contribution in [2.75, 3.05) is 16.4 Å². The largest absolute Gasteiger partial charge is 0.399 e. The van der Waals surface area contributed by atoms with E-state index in [0.717, 1.165) is 6.07 Å². The third-order valence-corrected chi connectivity index (χ3v) is 8.44. The lowest BCUT2D eigenvalue weighted by Gasteiger charge is -2.25. The van der Waals surface area contributed by atoms with Gasteiger partial charge in [-0.15, -0.1) is 0 Å². The molecule has 4 rings (SSSR count). The average Bonchev–Trinajstić information content (AvgIpc) is 2.86. The summed E-state index contributed by atoms with van der Waals surface area (Å²) in [5, 5.41) is -1.75. The highest BCUT2D eigenvalue weighted by molar-refractivity contribution is 7.87. The Balaban J connectivity index is 2.23. The van der Waals surface area contributed by atoms with Crippen molar-refractivity contribution in [3.05, 3.63) is 83.9 Å². The van der Waals surface area contributed by atoms with E-state index < -0.39 is 73.3 Å². The van der Waals surface area contributed by atoms with Crippen LogP contribution in [0.15, 0.2) is 87.5 Å². The van der Waals surface area contributed by atoms with Gasteiger partial charge in [-0.25, -0.2) is 4.90 Å². The number of anilines is 3. The third-order valence-electron chi connectivity index (χ3n) is 5.82. The van der Waals surface area contributed by atoms with Crippen molar-refractivity contribution in [2.45, 2.75) is 14.7 Å². The van der Waals surface area contributed by atoms with Crippen LogP contribution in [-0.2, 0) is 30.4 Å². The number of amides is 2. The number of fused-ring (bicyclic) bond motifs is 1. The van der Waals surface area contributed by atoms with Gasteiger partial charge in [0.15, 0.2) is 0 Å². The monoisotopic (exact) mass is 621 g/mol. The lowest BCUT2D eigenvalue weighted by atomic mass is 10.0. The molecule has 0 bridgehead atoms. The van der Waals surface area contributed by atoms with E-state index in [1.165, 1.54) is 48.5 Å². The second kappa shape index (κ2) is 10.2. The van der Waals surface area contributed by atoms with Crippen LogP contribution in [0.1, 0.15) is 20.7 Å². The van der Waals surface area contributed by atoms with Gasteiger partial charge in [-0.1, -0.05) is 18.2 Å². The Morgan fingerprint density at radius 1 is 0.659 bits per heavy atom. The minimum Gasteiger partial charge on any atom is -0.399 e. The van der Waals surface area contributed by atoms with Crippen LogP contribution in [0.3, 0.4) is 0 Å². The number of carbonyl (C=O) groups excluding carboxylic acids is 2. The molecule has 17 heteroatoms.